The van der Waals surface area contributed by atoms with Gasteiger partial charge in [-0.2, -0.15) is 0 Å². The summed E-state index contributed by atoms with van der Waals surface area (Å²) < 4.78 is 11.4. The molecular weight excluding hydrogens is 592 g/mol. The summed E-state index contributed by atoms with van der Waals surface area (Å²) >= 11 is 14.8. The Morgan fingerprint density at radius 3 is 2.18 bits per heavy atom. The maximum Gasteiger partial charge on any atom is 0.261 e. The number of carbonyl (C=O) groups excluding carboxylic acids is 2. The summed E-state index contributed by atoms with van der Waals surface area (Å²) in [4.78, 5) is 29.7. The van der Waals surface area contributed by atoms with Crippen LogP contribution in [0.3, 0.4) is 0 Å². The summed E-state index contributed by atoms with van der Waals surface area (Å²) in [5, 5.41) is 6.38. The fraction of sp³-hybridized carbons (Fsp3) is 0.222. The Kier molecular flexibility index (Phi) is 9.09. The highest BCUT2D eigenvalue weighted by molar-refractivity contribution is 9.10. The van der Waals surface area contributed by atoms with Crippen LogP contribution in [0.5, 0.6) is 11.5 Å². The molecule has 1 heterocycles. The van der Waals surface area contributed by atoms with Crippen LogP contribution in [-0.2, 0) is 0 Å². The second-order valence-corrected chi connectivity index (χ2v) is 10.2. The van der Waals surface area contributed by atoms with Crippen molar-refractivity contribution in [1.29, 1.82) is 0 Å². The third kappa shape index (κ3) is 6.56. The van der Waals surface area contributed by atoms with E-state index in [-0.39, 0.29) is 16.9 Å². The van der Waals surface area contributed by atoms with Crippen molar-refractivity contribution >= 4 is 68.1 Å². The molecule has 1 aliphatic rings. The average Bonchev–Trinajstić information content (AvgIpc) is 2.93. The van der Waals surface area contributed by atoms with Crippen molar-refractivity contribution in [2.75, 3.05) is 50.6 Å². The molecule has 0 atom stereocenters. The minimum atomic E-state index is -0.375. The van der Waals surface area contributed by atoms with Crippen molar-refractivity contribution in [2.24, 2.45) is 0 Å². The maximum atomic E-state index is 13.1. The Morgan fingerprint density at radius 2 is 1.53 bits per heavy atom. The first-order chi connectivity index (χ1) is 18.3. The fourth-order valence-corrected chi connectivity index (χ4v) is 4.88. The number of halogens is 2. The standard InChI is InChI=1S/C27H26BrClN4O4S/c1-36-23-9-3-17(28)15-21(23)25(34)31-27(38)30-19-5-7-20(8-6-19)32-11-13-33(14-12-32)26(35)22-16-18(29)4-10-24(22)37-2/h3-10,15-16H,11-14H2,1-2H3,(H2,30,31,34,38). The molecule has 0 radical (unpaired) electrons. The molecule has 1 aliphatic heterocycles. The fourth-order valence-electron chi connectivity index (χ4n) is 4.13. The molecule has 0 spiro atoms. The molecule has 0 bridgehead atoms. The van der Waals surface area contributed by atoms with Crippen LogP contribution in [0.15, 0.2) is 65.1 Å². The zero-order chi connectivity index (χ0) is 27.2. The lowest BCUT2D eigenvalue weighted by Crippen LogP contribution is -2.48. The highest BCUT2D eigenvalue weighted by Gasteiger charge is 2.25. The van der Waals surface area contributed by atoms with E-state index < -0.39 is 0 Å². The van der Waals surface area contributed by atoms with Gasteiger partial charge in [0.05, 0.1) is 25.3 Å². The Balaban J connectivity index is 1.32. The van der Waals surface area contributed by atoms with Gasteiger partial charge in [0.2, 0.25) is 0 Å². The Bertz CT molecular complexity index is 1350. The number of piperazine rings is 1. The van der Waals surface area contributed by atoms with Gasteiger partial charge in [-0.05, 0) is 72.9 Å². The molecule has 0 aromatic heterocycles. The van der Waals surface area contributed by atoms with Crippen molar-refractivity contribution in [3.63, 3.8) is 0 Å². The number of nitrogens with one attached hydrogen (secondary N) is 2. The topological polar surface area (TPSA) is 83.1 Å². The first kappa shape index (κ1) is 27.7. The van der Waals surface area contributed by atoms with Gasteiger partial charge in [-0.3, -0.25) is 14.9 Å². The molecule has 3 aromatic rings. The normalized spacial score (nSPS) is 13.1. The van der Waals surface area contributed by atoms with Gasteiger partial charge < -0.3 is 24.6 Å². The lowest BCUT2D eigenvalue weighted by Gasteiger charge is -2.36. The average molecular weight is 618 g/mol. The van der Waals surface area contributed by atoms with E-state index in [1.54, 1.807) is 36.4 Å². The monoisotopic (exact) mass is 616 g/mol. The molecule has 4 rings (SSSR count). The Hall–Kier alpha value is -3.34. The molecule has 1 fully saturated rings. The Morgan fingerprint density at radius 1 is 0.895 bits per heavy atom. The van der Waals surface area contributed by atoms with E-state index >= 15 is 0 Å². The molecule has 11 heteroatoms. The lowest BCUT2D eigenvalue weighted by atomic mass is 10.1. The number of thiocarbonyl (C=S) groups is 1. The van der Waals surface area contributed by atoms with Crippen molar-refractivity contribution < 1.29 is 19.1 Å². The number of benzene rings is 3. The van der Waals surface area contributed by atoms with Crippen LogP contribution >= 0.6 is 39.7 Å². The second-order valence-electron chi connectivity index (χ2n) is 8.42. The third-order valence-corrected chi connectivity index (χ3v) is 7.01. The van der Waals surface area contributed by atoms with Crippen LogP contribution in [0.25, 0.3) is 0 Å². The van der Waals surface area contributed by atoms with Gasteiger partial charge in [0.25, 0.3) is 11.8 Å². The van der Waals surface area contributed by atoms with Gasteiger partial charge in [0, 0.05) is 47.0 Å². The van der Waals surface area contributed by atoms with E-state index in [9.17, 15) is 9.59 Å². The summed E-state index contributed by atoms with van der Waals surface area (Å²) in [7, 11) is 3.04. The molecule has 8 nitrogen and oxygen atoms in total. The number of ether oxygens (including phenoxy) is 2. The molecule has 2 amide bonds. The summed E-state index contributed by atoms with van der Waals surface area (Å²) in [6.45, 7) is 2.52. The van der Waals surface area contributed by atoms with Crippen molar-refractivity contribution in [3.05, 3.63) is 81.3 Å². The number of nitrogens with zero attached hydrogens (tertiary/aromatic N) is 2. The maximum absolute atomic E-state index is 13.1. The van der Waals surface area contributed by atoms with Gasteiger partial charge in [0.1, 0.15) is 11.5 Å². The van der Waals surface area contributed by atoms with Crippen LogP contribution in [0.4, 0.5) is 11.4 Å². The summed E-state index contributed by atoms with van der Waals surface area (Å²) in [5.74, 6) is 0.487. The van der Waals surface area contributed by atoms with Crippen molar-refractivity contribution in [1.82, 2.24) is 10.2 Å². The lowest BCUT2D eigenvalue weighted by molar-refractivity contribution is 0.0743. The zero-order valence-corrected chi connectivity index (χ0v) is 24.0. The first-order valence-corrected chi connectivity index (χ1v) is 13.3. The number of methoxy groups -OCH3 is 2. The molecule has 3 aromatic carbocycles. The van der Waals surface area contributed by atoms with E-state index in [4.69, 9.17) is 33.3 Å². The predicted molar refractivity (Wildman–Crippen MR) is 157 cm³/mol. The van der Waals surface area contributed by atoms with Gasteiger partial charge in [-0.25, -0.2) is 0 Å². The number of hydrogen-bond donors (Lipinski definition) is 2. The molecule has 0 aliphatic carbocycles. The van der Waals surface area contributed by atoms with Crippen molar-refractivity contribution in [2.45, 2.75) is 0 Å². The minimum Gasteiger partial charge on any atom is -0.496 e. The smallest absolute Gasteiger partial charge is 0.261 e. The van der Waals surface area contributed by atoms with E-state index in [1.165, 1.54) is 14.2 Å². The number of amides is 2. The predicted octanol–water partition coefficient (Wildman–Crippen LogP) is 5.21. The summed E-state index contributed by atoms with van der Waals surface area (Å²) in [6, 6.07) is 17.9. The van der Waals surface area contributed by atoms with E-state index in [0.717, 1.165) is 15.8 Å². The highest BCUT2D eigenvalue weighted by atomic mass is 79.9. The number of hydrogen-bond acceptors (Lipinski definition) is 6. The van der Waals surface area contributed by atoms with Gasteiger partial charge >= 0.3 is 0 Å². The number of carbonyl (C=O) groups is 2. The highest BCUT2D eigenvalue weighted by Crippen LogP contribution is 2.26. The molecule has 2 N–H and O–H groups in total. The van der Waals surface area contributed by atoms with Crippen LogP contribution in [0.2, 0.25) is 5.02 Å². The largest absolute Gasteiger partial charge is 0.496 e. The van der Waals surface area contributed by atoms with Gasteiger partial charge in [-0.1, -0.05) is 27.5 Å². The third-order valence-electron chi connectivity index (χ3n) is 6.08. The summed E-state index contributed by atoms with van der Waals surface area (Å²) in [5.41, 5.74) is 2.59. The second kappa shape index (κ2) is 12.5. The van der Waals surface area contributed by atoms with Crippen LogP contribution in [0, 0.1) is 0 Å². The Labute approximate surface area is 240 Å². The first-order valence-electron chi connectivity index (χ1n) is 11.7. The van der Waals surface area contributed by atoms with Crippen LogP contribution in [-0.4, -0.2) is 62.2 Å². The quantitative estimate of drug-likeness (QED) is 0.368. The van der Waals surface area contributed by atoms with E-state index in [2.05, 4.69) is 31.5 Å². The molecular formula is C27H26BrClN4O4S. The SMILES string of the molecule is COc1ccc(Br)cc1C(=O)NC(=S)Nc1ccc(N2CCN(C(=O)c3cc(Cl)ccc3OC)CC2)cc1. The van der Waals surface area contributed by atoms with Crippen LogP contribution in [0.1, 0.15) is 20.7 Å². The molecule has 1 saturated heterocycles. The minimum absolute atomic E-state index is 0.0976. The molecule has 0 saturated carbocycles. The van der Waals surface area contributed by atoms with Gasteiger partial charge in [-0.15, -0.1) is 0 Å². The van der Waals surface area contributed by atoms with E-state index in [1.807, 2.05) is 29.2 Å². The van der Waals surface area contributed by atoms with Crippen molar-refractivity contribution in [3.8, 4) is 11.5 Å². The van der Waals surface area contributed by atoms with Crippen LogP contribution < -0.4 is 25.0 Å². The molecule has 198 valence electrons. The number of anilines is 2. The zero-order valence-electron chi connectivity index (χ0n) is 20.8. The molecule has 0 unspecified atom stereocenters. The van der Waals surface area contributed by atoms with E-state index in [0.29, 0.717) is 53.8 Å². The van der Waals surface area contributed by atoms with Gasteiger partial charge in [0.15, 0.2) is 5.11 Å². The number of rotatable bonds is 6. The summed E-state index contributed by atoms with van der Waals surface area (Å²) in [6.07, 6.45) is 0. The molecule has 38 heavy (non-hydrogen) atoms.